The van der Waals surface area contributed by atoms with Crippen LogP contribution in [0.1, 0.15) is 18.6 Å². The SMILES string of the molecule is CCc1nc(CN)nn1C. The van der Waals surface area contributed by atoms with Crippen LogP contribution in [-0.4, -0.2) is 14.8 Å². The first kappa shape index (κ1) is 7.21. The van der Waals surface area contributed by atoms with Gasteiger partial charge in [-0.2, -0.15) is 5.10 Å². The van der Waals surface area contributed by atoms with E-state index in [1.165, 1.54) is 0 Å². The first-order valence-corrected chi connectivity index (χ1v) is 3.36. The van der Waals surface area contributed by atoms with Gasteiger partial charge in [-0.1, -0.05) is 6.92 Å². The van der Waals surface area contributed by atoms with E-state index in [0.29, 0.717) is 6.54 Å². The Labute approximate surface area is 60.1 Å². The standard InChI is InChI=1S/C6H12N4/c1-3-6-8-5(4-7)9-10(6)2/h3-4,7H2,1-2H3. The zero-order chi connectivity index (χ0) is 7.56. The number of aromatic nitrogens is 3. The van der Waals surface area contributed by atoms with E-state index in [2.05, 4.69) is 10.1 Å². The van der Waals surface area contributed by atoms with Crippen LogP contribution in [0.3, 0.4) is 0 Å². The zero-order valence-electron chi connectivity index (χ0n) is 6.33. The second-order valence-corrected chi connectivity index (χ2v) is 2.13. The predicted octanol–water partition coefficient (Wildman–Crippen LogP) is -0.164. The van der Waals surface area contributed by atoms with E-state index in [1.807, 2.05) is 14.0 Å². The predicted molar refractivity (Wildman–Crippen MR) is 38.3 cm³/mol. The van der Waals surface area contributed by atoms with Gasteiger partial charge in [-0.25, -0.2) is 4.98 Å². The van der Waals surface area contributed by atoms with Crippen LogP contribution in [0.5, 0.6) is 0 Å². The van der Waals surface area contributed by atoms with E-state index in [9.17, 15) is 0 Å². The molecule has 0 saturated heterocycles. The Morgan fingerprint density at radius 2 is 2.30 bits per heavy atom. The third-order valence-electron chi connectivity index (χ3n) is 1.40. The monoisotopic (exact) mass is 140 g/mol. The van der Waals surface area contributed by atoms with Crippen molar-refractivity contribution < 1.29 is 0 Å². The maximum absolute atomic E-state index is 5.35. The summed E-state index contributed by atoms with van der Waals surface area (Å²) in [5, 5.41) is 4.08. The average molecular weight is 140 g/mol. The maximum Gasteiger partial charge on any atom is 0.164 e. The van der Waals surface area contributed by atoms with Crippen molar-refractivity contribution in [1.29, 1.82) is 0 Å². The van der Waals surface area contributed by atoms with Gasteiger partial charge in [0.05, 0.1) is 6.54 Å². The van der Waals surface area contributed by atoms with Crippen LogP contribution in [0.4, 0.5) is 0 Å². The smallest absolute Gasteiger partial charge is 0.164 e. The van der Waals surface area contributed by atoms with Crippen LogP contribution >= 0.6 is 0 Å². The summed E-state index contributed by atoms with van der Waals surface area (Å²) < 4.78 is 1.77. The van der Waals surface area contributed by atoms with Crippen molar-refractivity contribution in [3.63, 3.8) is 0 Å². The average Bonchev–Trinajstić information content (AvgIpc) is 2.30. The van der Waals surface area contributed by atoms with Crippen molar-refractivity contribution >= 4 is 0 Å². The van der Waals surface area contributed by atoms with Crippen molar-refractivity contribution in [1.82, 2.24) is 14.8 Å². The molecular weight excluding hydrogens is 128 g/mol. The fourth-order valence-corrected chi connectivity index (χ4v) is 0.869. The number of rotatable bonds is 2. The Morgan fingerprint density at radius 3 is 2.60 bits per heavy atom. The molecule has 0 aliphatic heterocycles. The summed E-state index contributed by atoms with van der Waals surface area (Å²) in [6.07, 6.45) is 0.906. The van der Waals surface area contributed by atoms with Gasteiger partial charge in [0.2, 0.25) is 0 Å². The maximum atomic E-state index is 5.35. The van der Waals surface area contributed by atoms with E-state index in [1.54, 1.807) is 4.68 Å². The van der Waals surface area contributed by atoms with Crippen LogP contribution in [-0.2, 0) is 20.0 Å². The van der Waals surface area contributed by atoms with Gasteiger partial charge >= 0.3 is 0 Å². The molecule has 1 rings (SSSR count). The van der Waals surface area contributed by atoms with Gasteiger partial charge in [0.25, 0.3) is 0 Å². The molecule has 1 heterocycles. The number of hydrogen-bond donors (Lipinski definition) is 1. The van der Waals surface area contributed by atoms with Crippen molar-refractivity contribution in [3.8, 4) is 0 Å². The lowest BCUT2D eigenvalue weighted by molar-refractivity contribution is 0.700. The van der Waals surface area contributed by atoms with Gasteiger partial charge in [-0.05, 0) is 0 Å². The van der Waals surface area contributed by atoms with Crippen molar-refractivity contribution in [2.24, 2.45) is 12.8 Å². The fourth-order valence-electron chi connectivity index (χ4n) is 0.869. The number of nitrogens with zero attached hydrogens (tertiary/aromatic N) is 3. The summed E-state index contributed by atoms with van der Waals surface area (Å²) in [5.41, 5.74) is 5.35. The summed E-state index contributed by atoms with van der Waals surface area (Å²) in [7, 11) is 1.88. The van der Waals surface area contributed by atoms with E-state index in [-0.39, 0.29) is 0 Å². The van der Waals surface area contributed by atoms with Crippen LogP contribution < -0.4 is 5.73 Å². The van der Waals surface area contributed by atoms with E-state index in [4.69, 9.17) is 5.73 Å². The quantitative estimate of drug-likeness (QED) is 0.620. The summed E-state index contributed by atoms with van der Waals surface area (Å²) in [6, 6.07) is 0. The highest BCUT2D eigenvalue weighted by Gasteiger charge is 2.01. The number of aryl methyl sites for hydroxylation is 2. The van der Waals surface area contributed by atoms with E-state index in [0.717, 1.165) is 18.1 Å². The molecular formula is C6H12N4. The fraction of sp³-hybridized carbons (Fsp3) is 0.667. The van der Waals surface area contributed by atoms with Gasteiger partial charge in [0.1, 0.15) is 5.82 Å². The van der Waals surface area contributed by atoms with Crippen molar-refractivity contribution in [2.75, 3.05) is 0 Å². The molecule has 56 valence electrons. The van der Waals surface area contributed by atoms with Crippen molar-refractivity contribution in [2.45, 2.75) is 19.9 Å². The van der Waals surface area contributed by atoms with Crippen LogP contribution in [0.25, 0.3) is 0 Å². The van der Waals surface area contributed by atoms with Crippen LogP contribution in [0.15, 0.2) is 0 Å². The summed E-state index contributed by atoms with van der Waals surface area (Å²) in [6.45, 7) is 2.47. The minimum Gasteiger partial charge on any atom is -0.324 e. The molecule has 1 aromatic heterocycles. The molecule has 2 N–H and O–H groups in total. The minimum atomic E-state index is 0.424. The summed E-state index contributed by atoms with van der Waals surface area (Å²) >= 11 is 0. The lowest BCUT2D eigenvalue weighted by atomic mass is 10.5. The first-order valence-electron chi connectivity index (χ1n) is 3.36. The molecule has 0 aromatic carbocycles. The Kier molecular flexibility index (Phi) is 2.01. The molecule has 0 aliphatic carbocycles. The molecule has 0 fully saturated rings. The molecule has 0 atom stereocenters. The number of nitrogens with two attached hydrogens (primary N) is 1. The van der Waals surface area contributed by atoms with Gasteiger partial charge in [0.15, 0.2) is 5.82 Å². The summed E-state index contributed by atoms with van der Waals surface area (Å²) in [5.74, 6) is 1.71. The number of hydrogen-bond acceptors (Lipinski definition) is 3. The zero-order valence-corrected chi connectivity index (χ0v) is 6.33. The molecule has 1 aromatic rings. The van der Waals surface area contributed by atoms with Crippen molar-refractivity contribution in [3.05, 3.63) is 11.6 Å². The topological polar surface area (TPSA) is 56.7 Å². The molecule has 0 spiro atoms. The molecule has 4 heteroatoms. The lowest BCUT2D eigenvalue weighted by Crippen LogP contribution is -1.99. The molecule has 0 amide bonds. The van der Waals surface area contributed by atoms with Crippen LogP contribution in [0, 0.1) is 0 Å². The van der Waals surface area contributed by atoms with Gasteiger partial charge in [-0.15, -0.1) is 0 Å². The minimum absolute atomic E-state index is 0.424. The van der Waals surface area contributed by atoms with Gasteiger partial charge < -0.3 is 5.73 Å². The molecule has 0 aliphatic rings. The third-order valence-corrected chi connectivity index (χ3v) is 1.40. The molecule has 0 bridgehead atoms. The second kappa shape index (κ2) is 2.79. The highest BCUT2D eigenvalue weighted by atomic mass is 15.3. The van der Waals surface area contributed by atoms with E-state index >= 15 is 0 Å². The first-order chi connectivity index (χ1) is 4.77. The lowest BCUT2D eigenvalue weighted by Gasteiger charge is -1.90. The normalized spacial score (nSPS) is 10.3. The molecule has 0 saturated carbocycles. The van der Waals surface area contributed by atoms with Gasteiger partial charge in [0, 0.05) is 13.5 Å². The Balaban J connectivity index is 2.92. The second-order valence-electron chi connectivity index (χ2n) is 2.13. The highest BCUT2D eigenvalue weighted by molar-refractivity contribution is 4.90. The third kappa shape index (κ3) is 1.16. The summed E-state index contributed by atoms with van der Waals surface area (Å²) in [4.78, 5) is 4.17. The largest absolute Gasteiger partial charge is 0.324 e. The van der Waals surface area contributed by atoms with Gasteiger partial charge in [-0.3, -0.25) is 4.68 Å². The molecule has 0 unspecified atom stereocenters. The van der Waals surface area contributed by atoms with E-state index < -0.39 is 0 Å². The molecule has 0 radical (unpaired) electrons. The Hall–Kier alpha value is -0.900. The molecule has 10 heavy (non-hydrogen) atoms. The van der Waals surface area contributed by atoms with Crippen LogP contribution in [0.2, 0.25) is 0 Å². The highest BCUT2D eigenvalue weighted by Crippen LogP contribution is 1.95. The molecule has 4 nitrogen and oxygen atoms in total. The Bertz CT molecular complexity index is 216. The Morgan fingerprint density at radius 1 is 1.60 bits per heavy atom.